The molecule has 1 N–H and O–H groups in total. The van der Waals surface area contributed by atoms with E-state index in [2.05, 4.69) is 0 Å². The minimum atomic E-state index is -1.02. The molecule has 0 fully saturated rings. The first-order valence-electron chi connectivity index (χ1n) is 10.2. The lowest BCUT2D eigenvalue weighted by Crippen LogP contribution is -2.30. The third kappa shape index (κ3) is 4.29. The molecular formula is C26H20N2O5. The van der Waals surface area contributed by atoms with E-state index >= 15 is 0 Å². The zero-order valence-corrected chi connectivity index (χ0v) is 17.7. The van der Waals surface area contributed by atoms with Crippen LogP contribution in [0.4, 0.5) is 11.4 Å². The summed E-state index contributed by atoms with van der Waals surface area (Å²) in [5.41, 5.74) is 2.24. The van der Waals surface area contributed by atoms with Crippen molar-refractivity contribution in [3.05, 3.63) is 123 Å². The number of rotatable bonds is 6. The number of non-ortho nitro benzene ring substituents is 1. The van der Waals surface area contributed by atoms with Gasteiger partial charge in [-0.15, -0.1) is 0 Å². The zero-order chi connectivity index (χ0) is 23.5. The molecule has 7 heteroatoms. The van der Waals surface area contributed by atoms with Crippen molar-refractivity contribution in [3.8, 4) is 0 Å². The SMILES string of the molecule is Cc1ccc(N2C(=O)C(O)=C(C(=O)/C=C/c3ccccc3)C2c2cccc([N+](=O)[O-])c2)cc1. The lowest BCUT2D eigenvalue weighted by molar-refractivity contribution is -0.384. The molecule has 3 aromatic carbocycles. The highest BCUT2D eigenvalue weighted by molar-refractivity contribution is 6.19. The maximum Gasteiger partial charge on any atom is 0.294 e. The average molecular weight is 440 g/mol. The van der Waals surface area contributed by atoms with Crippen molar-refractivity contribution in [2.75, 3.05) is 4.90 Å². The van der Waals surface area contributed by atoms with Crippen molar-refractivity contribution in [1.82, 2.24) is 0 Å². The summed E-state index contributed by atoms with van der Waals surface area (Å²) < 4.78 is 0. The highest BCUT2D eigenvalue weighted by Gasteiger charge is 2.44. The van der Waals surface area contributed by atoms with Crippen molar-refractivity contribution in [3.63, 3.8) is 0 Å². The number of carbonyl (C=O) groups excluding carboxylic acids is 2. The minimum absolute atomic E-state index is 0.131. The molecular weight excluding hydrogens is 420 g/mol. The van der Waals surface area contributed by atoms with Gasteiger partial charge in [-0.25, -0.2) is 0 Å². The number of amides is 1. The number of benzene rings is 3. The van der Waals surface area contributed by atoms with E-state index in [1.54, 1.807) is 36.4 Å². The van der Waals surface area contributed by atoms with Crippen LogP contribution in [0, 0.1) is 17.0 Å². The molecule has 1 aliphatic heterocycles. The third-order valence-corrected chi connectivity index (χ3v) is 5.41. The molecule has 0 radical (unpaired) electrons. The number of aliphatic hydroxyl groups excluding tert-OH is 1. The van der Waals surface area contributed by atoms with E-state index in [0.717, 1.165) is 11.1 Å². The van der Waals surface area contributed by atoms with E-state index in [0.29, 0.717) is 11.3 Å². The Labute approximate surface area is 190 Å². The van der Waals surface area contributed by atoms with Gasteiger partial charge in [-0.05, 0) is 36.3 Å². The molecule has 0 aromatic heterocycles. The van der Waals surface area contributed by atoms with Crippen LogP contribution in [0.3, 0.4) is 0 Å². The lowest BCUT2D eigenvalue weighted by atomic mass is 9.95. The van der Waals surface area contributed by atoms with Crippen molar-refractivity contribution < 1.29 is 19.6 Å². The summed E-state index contributed by atoms with van der Waals surface area (Å²) in [7, 11) is 0. The first-order valence-corrected chi connectivity index (χ1v) is 10.2. The Balaban J connectivity index is 1.82. The molecule has 4 rings (SSSR count). The smallest absolute Gasteiger partial charge is 0.294 e. The molecule has 33 heavy (non-hydrogen) atoms. The van der Waals surface area contributed by atoms with E-state index in [1.165, 1.54) is 29.2 Å². The summed E-state index contributed by atoms with van der Waals surface area (Å²) in [6.07, 6.45) is 2.88. The summed E-state index contributed by atoms with van der Waals surface area (Å²) in [6.45, 7) is 1.90. The summed E-state index contributed by atoms with van der Waals surface area (Å²) in [4.78, 5) is 38.4. The summed E-state index contributed by atoms with van der Waals surface area (Å²) in [5, 5.41) is 22.1. The number of nitro groups is 1. The van der Waals surface area contributed by atoms with Gasteiger partial charge in [0.25, 0.3) is 11.6 Å². The van der Waals surface area contributed by atoms with E-state index in [-0.39, 0.29) is 11.3 Å². The number of hydrogen-bond donors (Lipinski definition) is 1. The molecule has 0 saturated carbocycles. The molecule has 1 amide bonds. The second-order valence-corrected chi connectivity index (χ2v) is 7.64. The Kier molecular flexibility index (Phi) is 5.87. The predicted molar refractivity (Wildman–Crippen MR) is 125 cm³/mol. The number of nitrogens with zero attached hydrogens (tertiary/aromatic N) is 2. The minimum Gasteiger partial charge on any atom is -0.503 e. The van der Waals surface area contributed by atoms with E-state index in [1.807, 2.05) is 37.3 Å². The molecule has 0 spiro atoms. The Bertz CT molecular complexity index is 1290. The number of hydrogen-bond acceptors (Lipinski definition) is 5. The number of allylic oxidation sites excluding steroid dienone is 1. The van der Waals surface area contributed by atoms with Gasteiger partial charge >= 0.3 is 0 Å². The van der Waals surface area contributed by atoms with Crippen LogP contribution >= 0.6 is 0 Å². The van der Waals surface area contributed by atoms with Gasteiger partial charge in [-0.2, -0.15) is 0 Å². The summed E-state index contributed by atoms with van der Waals surface area (Å²) >= 11 is 0. The van der Waals surface area contributed by atoms with Gasteiger partial charge in [-0.1, -0.05) is 66.2 Å². The van der Waals surface area contributed by atoms with Gasteiger partial charge in [-0.3, -0.25) is 24.6 Å². The summed E-state index contributed by atoms with van der Waals surface area (Å²) in [5.74, 6) is -1.97. The van der Waals surface area contributed by atoms with Crippen LogP contribution < -0.4 is 4.90 Å². The number of carbonyl (C=O) groups is 2. The fourth-order valence-electron chi connectivity index (χ4n) is 3.78. The Hall–Kier alpha value is -4.52. The summed E-state index contributed by atoms with van der Waals surface area (Å²) in [6, 6.07) is 20.9. The molecule has 1 unspecified atom stereocenters. The van der Waals surface area contributed by atoms with Gasteiger partial charge in [0, 0.05) is 17.8 Å². The Morgan fingerprint density at radius 1 is 1.03 bits per heavy atom. The Morgan fingerprint density at radius 3 is 2.39 bits per heavy atom. The third-order valence-electron chi connectivity index (χ3n) is 5.41. The number of aryl methyl sites for hydroxylation is 1. The molecule has 1 atom stereocenters. The maximum atomic E-state index is 13.2. The largest absolute Gasteiger partial charge is 0.503 e. The van der Waals surface area contributed by atoms with Gasteiger partial charge in [0.2, 0.25) is 0 Å². The first kappa shape index (κ1) is 21.7. The van der Waals surface area contributed by atoms with Crippen LogP contribution in [0.5, 0.6) is 0 Å². The fourth-order valence-corrected chi connectivity index (χ4v) is 3.78. The predicted octanol–water partition coefficient (Wildman–Crippen LogP) is 5.09. The van der Waals surface area contributed by atoms with E-state index in [4.69, 9.17) is 0 Å². The quantitative estimate of drug-likeness (QED) is 0.327. The van der Waals surface area contributed by atoms with Crippen molar-refractivity contribution in [2.24, 2.45) is 0 Å². The molecule has 0 saturated heterocycles. The second-order valence-electron chi connectivity index (χ2n) is 7.64. The maximum absolute atomic E-state index is 13.2. The number of ketones is 1. The van der Waals surface area contributed by atoms with Gasteiger partial charge in [0.1, 0.15) is 0 Å². The lowest BCUT2D eigenvalue weighted by Gasteiger charge is -2.26. The topological polar surface area (TPSA) is 101 Å². The van der Waals surface area contributed by atoms with Crippen molar-refractivity contribution in [1.29, 1.82) is 0 Å². The zero-order valence-electron chi connectivity index (χ0n) is 17.7. The number of aliphatic hydroxyl groups is 1. The van der Waals surface area contributed by atoms with Crippen molar-refractivity contribution >= 4 is 29.1 Å². The molecule has 164 valence electrons. The van der Waals surface area contributed by atoms with Crippen LogP contribution in [-0.2, 0) is 9.59 Å². The van der Waals surface area contributed by atoms with Crippen LogP contribution in [0.15, 0.2) is 96.3 Å². The molecule has 3 aromatic rings. The molecule has 7 nitrogen and oxygen atoms in total. The van der Waals surface area contributed by atoms with Crippen LogP contribution in [0.25, 0.3) is 6.08 Å². The number of anilines is 1. The van der Waals surface area contributed by atoms with Gasteiger partial charge in [0.15, 0.2) is 11.5 Å². The molecule has 1 heterocycles. The second kappa shape index (κ2) is 8.92. The number of nitro benzene ring substituents is 1. The van der Waals surface area contributed by atoms with E-state index < -0.39 is 28.4 Å². The average Bonchev–Trinajstić information content (AvgIpc) is 3.09. The first-order chi connectivity index (χ1) is 15.9. The van der Waals surface area contributed by atoms with Crippen LogP contribution in [0.2, 0.25) is 0 Å². The standard InChI is InChI=1S/C26H20N2O5/c1-17-10-13-20(14-11-17)27-24(19-8-5-9-21(16-19)28(32)33)23(25(30)26(27)31)22(29)15-12-18-6-3-2-4-7-18/h2-16,24,30H,1H3/b15-12+. The van der Waals surface area contributed by atoms with E-state index in [9.17, 15) is 24.8 Å². The molecule has 1 aliphatic rings. The molecule has 0 bridgehead atoms. The normalized spacial score (nSPS) is 16.0. The highest BCUT2D eigenvalue weighted by atomic mass is 16.6. The monoisotopic (exact) mass is 440 g/mol. The Morgan fingerprint density at radius 2 is 1.73 bits per heavy atom. The molecule has 0 aliphatic carbocycles. The van der Waals surface area contributed by atoms with Crippen LogP contribution in [-0.4, -0.2) is 21.7 Å². The van der Waals surface area contributed by atoms with Gasteiger partial charge < -0.3 is 5.11 Å². The van der Waals surface area contributed by atoms with Gasteiger partial charge in [0.05, 0.1) is 16.5 Å². The van der Waals surface area contributed by atoms with Crippen LogP contribution in [0.1, 0.15) is 22.7 Å². The fraction of sp³-hybridized carbons (Fsp3) is 0.0769. The van der Waals surface area contributed by atoms with Crippen molar-refractivity contribution in [2.45, 2.75) is 13.0 Å². The highest BCUT2D eigenvalue weighted by Crippen LogP contribution is 2.41.